The molecule has 0 saturated carbocycles. The number of pyridine rings is 1. The van der Waals surface area contributed by atoms with Gasteiger partial charge in [-0.05, 0) is 22.6 Å². The van der Waals surface area contributed by atoms with Gasteiger partial charge in [-0.15, -0.1) is 0 Å². The molecular formula is C12H17ClN2. The van der Waals surface area contributed by atoms with Gasteiger partial charge in [-0.25, -0.2) is 4.98 Å². The molecular weight excluding hydrogens is 208 g/mol. The fraction of sp³-hybridized carbons (Fsp3) is 0.583. The highest BCUT2D eigenvalue weighted by molar-refractivity contribution is 6.30. The monoisotopic (exact) mass is 224 g/mol. The van der Waals surface area contributed by atoms with Crippen LogP contribution in [0.4, 0.5) is 0 Å². The standard InChI is InChI=1S/C12H17ClN2/c1-12(2,3)9-6-8-7-14-5-4-10(8)15-11(9)13/h6,14H,4-5,7H2,1-3H3. The highest BCUT2D eigenvalue weighted by Crippen LogP contribution is 2.30. The Labute approximate surface area is 96.1 Å². The lowest BCUT2D eigenvalue weighted by molar-refractivity contribution is 0.576. The van der Waals surface area contributed by atoms with Crippen LogP contribution < -0.4 is 5.32 Å². The molecule has 0 saturated heterocycles. The summed E-state index contributed by atoms with van der Waals surface area (Å²) in [6.07, 6.45) is 0.986. The molecule has 0 aromatic carbocycles. The number of hydrogen-bond acceptors (Lipinski definition) is 2. The molecule has 0 bridgehead atoms. The first kappa shape index (κ1) is 10.9. The van der Waals surface area contributed by atoms with Gasteiger partial charge in [0.25, 0.3) is 0 Å². The van der Waals surface area contributed by atoms with E-state index < -0.39 is 0 Å². The molecule has 0 spiro atoms. The maximum Gasteiger partial charge on any atom is 0.133 e. The smallest absolute Gasteiger partial charge is 0.133 e. The Hall–Kier alpha value is -0.600. The molecule has 1 aliphatic heterocycles. The van der Waals surface area contributed by atoms with Crippen LogP contribution in [0.1, 0.15) is 37.6 Å². The number of aromatic nitrogens is 1. The molecule has 0 amide bonds. The van der Waals surface area contributed by atoms with Crippen LogP contribution in [0.15, 0.2) is 6.07 Å². The predicted octanol–water partition coefficient (Wildman–Crippen LogP) is 2.68. The van der Waals surface area contributed by atoms with Crippen molar-refractivity contribution in [3.8, 4) is 0 Å². The van der Waals surface area contributed by atoms with E-state index in [9.17, 15) is 0 Å². The highest BCUT2D eigenvalue weighted by atomic mass is 35.5. The van der Waals surface area contributed by atoms with Crippen LogP contribution in [0.3, 0.4) is 0 Å². The van der Waals surface area contributed by atoms with E-state index in [-0.39, 0.29) is 5.41 Å². The van der Waals surface area contributed by atoms with Gasteiger partial charge in [0.15, 0.2) is 0 Å². The van der Waals surface area contributed by atoms with Gasteiger partial charge in [0.05, 0.1) is 0 Å². The van der Waals surface area contributed by atoms with Crippen molar-refractivity contribution < 1.29 is 0 Å². The number of nitrogens with zero attached hydrogens (tertiary/aromatic N) is 1. The zero-order valence-corrected chi connectivity index (χ0v) is 10.3. The van der Waals surface area contributed by atoms with Gasteiger partial charge in [0, 0.05) is 25.2 Å². The number of hydrogen-bond donors (Lipinski definition) is 1. The lowest BCUT2D eigenvalue weighted by Crippen LogP contribution is -2.26. The topological polar surface area (TPSA) is 24.9 Å². The van der Waals surface area contributed by atoms with Crippen LogP contribution in [0.2, 0.25) is 5.15 Å². The molecule has 2 heterocycles. The van der Waals surface area contributed by atoms with E-state index in [4.69, 9.17) is 11.6 Å². The molecule has 82 valence electrons. The minimum Gasteiger partial charge on any atom is -0.312 e. The van der Waals surface area contributed by atoms with Crippen LogP contribution >= 0.6 is 11.6 Å². The number of nitrogens with one attached hydrogen (secondary N) is 1. The van der Waals surface area contributed by atoms with Gasteiger partial charge >= 0.3 is 0 Å². The summed E-state index contributed by atoms with van der Waals surface area (Å²) in [5.41, 5.74) is 3.67. The van der Waals surface area contributed by atoms with Gasteiger partial charge < -0.3 is 5.32 Å². The Balaban J connectivity index is 2.50. The second-order valence-electron chi connectivity index (χ2n) is 5.11. The first-order chi connectivity index (χ1) is 6.98. The van der Waals surface area contributed by atoms with Gasteiger partial charge in [-0.3, -0.25) is 0 Å². The van der Waals surface area contributed by atoms with Gasteiger partial charge in [0.2, 0.25) is 0 Å². The third-order valence-corrected chi connectivity index (χ3v) is 3.09. The summed E-state index contributed by atoms with van der Waals surface area (Å²) in [6.45, 7) is 8.42. The van der Waals surface area contributed by atoms with Gasteiger partial charge in [-0.1, -0.05) is 32.4 Å². The summed E-state index contributed by atoms with van der Waals surface area (Å²) in [5, 5.41) is 4.03. The SMILES string of the molecule is CC(C)(C)c1cc2c(nc1Cl)CCNC2. The Morgan fingerprint density at radius 3 is 2.80 bits per heavy atom. The minimum atomic E-state index is 0.0660. The summed E-state index contributed by atoms with van der Waals surface area (Å²) in [4.78, 5) is 4.51. The maximum atomic E-state index is 6.21. The number of halogens is 1. The normalized spacial score (nSPS) is 16.3. The lowest BCUT2D eigenvalue weighted by atomic mass is 9.86. The Bertz CT molecular complexity index is 380. The van der Waals surface area contributed by atoms with E-state index in [0.717, 1.165) is 30.8 Å². The highest BCUT2D eigenvalue weighted by Gasteiger charge is 2.21. The molecule has 15 heavy (non-hydrogen) atoms. The maximum absolute atomic E-state index is 6.21. The first-order valence-corrected chi connectivity index (χ1v) is 5.76. The van der Waals surface area contributed by atoms with Crippen molar-refractivity contribution in [2.24, 2.45) is 0 Å². The van der Waals surface area contributed by atoms with E-state index in [1.165, 1.54) is 5.56 Å². The second kappa shape index (κ2) is 3.76. The summed E-state index contributed by atoms with van der Waals surface area (Å²) in [7, 11) is 0. The van der Waals surface area contributed by atoms with E-state index in [2.05, 4.69) is 37.1 Å². The largest absolute Gasteiger partial charge is 0.312 e. The summed E-state index contributed by atoms with van der Waals surface area (Å²) in [6, 6.07) is 2.21. The molecule has 1 aromatic heterocycles. The van der Waals surface area contributed by atoms with E-state index in [0.29, 0.717) is 5.15 Å². The Morgan fingerprint density at radius 1 is 1.40 bits per heavy atom. The van der Waals surface area contributed by atoms with Crippen molar-refractivity contribution in [3.05, 3.63) is 28.0 Å². The van der Waals surface area contributed by atoms with Gasteiger partial charge in [0.1, 0.15) is 5.15 Å². The van der Waals surface area contributed by atoms with Crippen molar-refractivity contribution in [2.45, 2.75) is 39.2 Å². The molecule has 2 rings (SSSR count). The molecule has 0 fully saturated rings. The fourth-order valence-corrected chi connectivity index (χ4v) is 2.33. The van der Waals surface area contributed by atoms with Crippen LogP contribution in [0, 0.1) is 0 Å². The predicted molar refractivity (Wildman–Crippen MR) is 63.4 cm³/mol. The van der Waals surface area contributed by atoms with E-state index in [1.807, 2.05) is 0 Å². The molecule has 1 aliphatic rings. The third-order valence-electron chi connectivity index (χ3n) is 2.81. The molecule has 1 N–H and O–H groups in total. The lowest BCUT2D eigenvalue weighted by Gasteiger charge is -2.24. The molecule has 0 aliphatic carbocycles. The molecule has 3 heteroatoms. The van der Waals surface area contributed by atoms with Crippen LogP contribution in [0.5, 0.6) is 0 Å². The Kier molecular flexibility index (Phi) is 2.73. The Morgan fingerprint density at radius 2 is 2.13 bits per heavy atom. The third kappa shape index (κ3) is 2.16. The quantitative estimate of drug-likeness (QED) is 0.686. The molecule has 2 nitrogen and oxygen atoms in total. The minimum absolute atomic E-state index is 0.0660. The first-order valence-electron chi connectivity index (χ1n) is 5.38. The summed E-state index contributed by atoms with van der Waals surface area (Å²) >= 11 is 6.21. The second-order valence-corrected chi connectivity index (χ2v) is 5.47. The van der Waals surface area contributed by atoms with E-state index in [1.54, 1.807) is 0 Å². The molecule has 1 aromatic rings. The van der Waals surface area contributed by atoms with Crippen LogP contribution in [-0.2, 0) is 18.4 Å². The van der Waals surface area contributed by atoms with E-state index >= 15 is 0 Å². The average Bonchev–Trinajstić information content (AvgIpc) is 2.15. The van der Waals surface area contributed by atoms with Crippen LogP contribution in [0.25, 0.3) is 0 Å². The zero-order chi connectivity index (χ0) is 11.1. The average molecular weight is 225 g/mol. The summed E-state index contributed by atoms with van der Waals surface area (Å²) in [5.74, 6) is 0. The van der Waals surface area contributed by atoms with Crippen molar-refractivity contribution in [1.29, 1.82) is 0 Å². The van der Waals surface area contributed by atoms with Crippen molar-refractivity contribution >= 4 is 11.6 Å². The zero-order valence-electron chi connectivity index (χ0n) is 9.52. The number of fused-ring (bicyclic) bond motifs is 1. The van der Waals surface area contributed by atoms with Crippen molar-refractivity contribution in [3.63, 3.8) is 0 Å². The molecule has 0 atom stereocenters. The molecule has 0 unspecified atom stereocenters. The van der Waals surface area contributed by atoms with Crippen LogP contribution in [-0.4, -0.2) is 11.5 Å². The van der Waals surface area contributed by atoms with Crippen molar-refractivity contribution in [1.82, 2.24) is 10.3 Å². The summed E-state index contributed by atoms with van der Waals surface area (Å²) < 4.78 is 0. The molecule has 0 radical (unpaired) electrons. The van der Waals surface area contributed by atoms with Gasteiger partial charge in [-0.2, -0.15) is 0 Å². The number of rotatable bonds is 0. The van der Waals surface area contributed by atoms with Crippen molar-refractivity contribution in [2.75, 3.05) is 6.54 Å². The fourth-order valence-electron chi connectivity index (χ4n) is 1.89.